The number of urea groups is 1. The standard InChI is InChI=1S/C19H18FN5O/c20-15-3-1-2-14(8-15)16-9-17(16)24-19(26)23-11-13-4-5-18(22-10-13)25-7-6-21-12-25/h1-8,10,12,16-17H,9,11H2,(H2,23,24,26). The fraction of sp³-hybridized carbons (Fsp3) is 0.211. The Kier molecular flexibility index (Phi) is 4.35. The molecule has 0 radical (unpaired) electrons. The van der Waals surface area contributed by atoms with Gasteiger partial charge in [-0.15, -0.1) is 0 Å². The first kappa shape index (κ1) is 16.3. The number of pyridine rings is 1. The zero-order valence-corrected chi connectivity index (χ0v) is 14.0. The molecule has 2 unspecified atom stereocenters. The van der Waals surface area contributed by atoms with Crippen molar-refractivity contribution in [3.63, 3.8) is 0 Å². The largest absolute Gasteiger partial charge is 0.335 e. The van der Waals surface area contributed by atoms with Gasteiger partial charge in [-0.2, -0.15) is 0 Å². The number of rotatable bonds is 5. The molecule has 1 fully saturated rings. The Morgan fingerprint density at radius 3 is 2.96 bits per heavy atom. The summed E-state index contributed by atoms with van der Waals surface area (Å²) in [5.41, 5.74) is 1.83. The van der Waals surface area contributed by atoms with Crippen molar-refractivity contribution < 1.29 is 9.18 Å². The fourth-order valence-electron chi connectivity index (χ4n) is 2.93. The molecule has 0 saturated heterocycles. The lowest BCUT2D eigenvalue weighted by Gasteiger charge is -2.08. The summed E-state index contributed by atoms with van der Waals surface area (Å²) < 4.78 is 15.1. The second-order valence-corrected chi connectivity index (χ2v) is 6.33. The lowest BCUT2D eigenvalue weighted by atomic mass is 10.1. The van der Waals surface area contributed by atoms with Crippen LogP contribution in [0.2, 0.25) is 0 Å². The summed E-state index contributed by atoms with van der Waals surface area (Å²) in [6.45, 7) is 0.389. The highest BCUT2D eigenvalue weighted by atomic mass is 19.1. The van der Waals surface area contributed by atoms with E-state index >= 15 is 0 Å². The Morgan fingerprint density at radius 1 is 1.31 bits per heavy atom. The molecule has 26 heavy (non-hydrogen) atoms. The zero-order chi connectivity index (χ0) is 17.9. The number of hydrogen-bond acceptors (Lipinski definition) is 3. The van der Waals surface area contributed by atoms with Crippen molar-refractivity contribution in [3.05, 3.63) is 78.3 Å². The predicted molar refractivity (Wildman–Crippen MR) is 94.3 cm³/mol. The molecule has 7 heteroatoms. The van der Waals surface area contributed by atoms with Crippen LogP contribution in [0, 0.1) is 5.82 Å². The molecule has 1 saturated carbocycles. The molecule has 132 valence electrons. The van der Waals surface area contributed by atoms with Crippen LogP contribution in [0.15, 0.2) is 61.3 Å². The van der Waals surface area contributed by atoms with Crippen molar-refractivity contribution in [2.45, 2.75) is 24.9 Å². The van der Waals surface area contributed by atoms with E-state index in [0.29, 0.717) is 6.54 Å². The van der Waals surface area contributed by atoms with Gasteiger partial charge in [-0.05, 0) is 35.7 Å². The smallest absolute Gasteiger partial charge is 0.315 e. The molecule has 2 heterocycles. The number of nitrogens with zero attached hydrogens (tertiary/aromatic N) is 3. The molecular weight excluding hydrogens is 333 g/mol. The Labute approximate surface area is 150 Å². The fourth-order valence-corrected chi connectivity index (χ4v) is 2.93. The number of benzene rings is 1. The van der Waals surface area contributed by atoms with E-state index in [0.717, 1.165) is 23.4 Å². The maximum Gasteiger partial charge on any atom is 0.315 e. The van der Waals surface area contributed by atoms with E-state index in [9.17, 15) is 9.18 Å². The first-order valence-corrected chi connectivity index (χ1v) is 8.42. The van der Waals surface area contributed by atoms with E-state index < -0.39 is 0 Å². The number of amides is 2. The van der Waals surface area contributed by atoms with E-state index in [1.165, 1.54) is 12.1 Å². The van der Waals surface area contributed by atoms with Gasteiger partial charge in [0.1, 0.15) is 18.0 Å². The van der Waals surface area contributed by atoms with Crippen LogP contribution in [0.4, 0.5) is 9.18 Å². The van der Waals surface area contributed by atoms with Gasteiger partial charge in [0.25, 0.3) is 0 Å². The van der Waals surface area contributed by atoms with Crippen LogP contribution in [0.5, 0.6) is 0 Å². The second kappa shape index (κ2) is 6.95. The van der Waals surface area contributed by atoms with Gasteiger partial charge < -0.3 is 10.6 Å². The summed E-state index contributed by atoms with van der Waals surface area (Å²) in [5.74, 6) is 0.712. The molecule has 1 aliphatic rings. The molecule has 0 spiro atoms. The third-order valence-corrected chi connectivity index (χ3v) is 4.41. The van der Waals surface area contributed by atoms with E-state index in [-0.39, 0.29) is 23.8 Å². The van der Waals surface area contributed by atoms with Crippen LogP contribution in [0.3, 0.4) is 0 Å². The number of carbonyl (C=O) groups is 1. The summed E-state index contributed by atoms with van der Waals surface area (Å²) >= 11 is 0. The first-order valence-electron chi connectivity index (χ1n) is 8.42. The average Bonchev–Trinajstić information content (AvgIpc) is 3.19. The van der Waals surface area contributed by atoms with Gasteiger partial charge in [-0.1, -0.05) is 18.2 Å². The van der Waals surface area contributed by atoms with E-state index in [1.54, 1.807) is 24.8 Å². The van der Waals surface area contributed by atoms with Gasteiger partial charge in [-0.25, -0.2) is 19.2 Å². The van der Waals surface area contributed by atoms with Gasteiger partial charge in [-0.3, -0.25) is 4.57 Å². The van der Waals surface area contributed by atoms with Crippen LogP contribution in [-0.2, 0) is 6.54 Å². The SMILES string of the molecule is O=C(NCc1ccc(-n2ccnc2)nc1)NC1CC1c1cccc(F)c1. The number of imidazole rings is 1. The third-order valence-electron chi connectivity index (χ3n) is 4.41. The number of nitrogens with one attached hydrogen (secondary N) is 2. The monoisotopic (exact) mass is 351 g/mol. The third kappa shape index (κ3) is 3.72. The summed E-state index contributed by atoms with van der Waals surface area (Å²) in [6.07, 6.45) is 7.74. The lowest BCUT2D eigenvalue weighted by Crippen LogP contribution is -2.36. The Bertz CT molecular complexity index is 895. The van der Waals surface area contributed by atoms with E-state index in [1.807, 2.05) is 29.0 Å². The molecule has 0 bridgehead atoms. The number of aromatic nitrogens is 3. The number of halogens is 1. The molecule has 1 aliphatic carbocycles. The van der Waals surface area contributed by atoms with Gasteiger partial charge in [0.2, 0.25) is 0 Å². The van der Waals surface area contributed by atoms with Crippen LogP contribution in [0.1, 0.15) is 23.5 Å². The molecule has 0 aliphatic heterocycles. The van der Waals surface area contributed by atoms with E-state index in [2.05, 4.69) is 20.6 Å². The van der Waals surface area contributed by atoms with Crippen LogP contribution in [-0.4, -0.2) is 26.6 Å². The van der Waals surface area contributed by atoms with Crippen molar-refractivity contribution >= 4 is 6.03 Å². The van der Waals surface area contributed by atoms with Gasteiger partial charge in [0, 0.05) is 37.1 Å². The Balaban J connectivity index is 1.26. The van der Waals surface area contributed by atoms with Crippen molar-refractivity contribution in [3.8, 4) is 5.82 Å². The highest BCUT2D eigenvalue weighted by Gasteiger charge is 2.39. The van der Waals surface area contributed by atoms with Crippen molar-refractivity contribution in [1.29, 1.82) is 0 Å². The Morgan fingerprint density at radius 2 is 2.23 bits per heavy atom. The second-order valence-electron chi connectivity index (χ2n) is 6.33. The highest BCUT2D eigenvalue weighted by Crippen LogP contribution is 2.40. The number of hydrogen-bond donors (Lipinski definition) is 2. The molecule has 2 amide bonds. The van der Waals surface area contributed by atoms with Crippen LogP contribution >= 0.6 is 0 Å². The quantitative estimate of drug-likeness (QED) is 0.742. The van der Waals surface area contributed by atoms with E-state index in [4.69, 9.17) is 0 Å². The molecule has 2 atom stereocenters. The summed E-state index contributed by atoms with van der Waals surface area (Å²) in [5, 5.41) is 5.75. The maximum atomic E-state index is 13.3. The lowest BCUT2D eigenvalue weighted by molar-refractivity contribution is 0.240. The molecule has 3 aromatic rings. The molecule has 6 nitrogen and oxygen atoms in total. The molecular formula is C19H18FN5O. The minimum absolute atomic E-state index is 0.0542. The minimum atomic E-state index is -0.246. The summed E-state index contributed by atoms with van der Waals surface area (Å²) in [4.78, 5) is 20.4. The van der Waals surface area contributed by atoms with Crippen LogP contribution < -0.4 is 10.6 Å². The summed E-state index contributed by atoms with van der Waals surface area (Å²) in [6, 6.07) is 10.1. The molecule has 1 aromatic carbocycles. The topological polar surface area (TPSA) is 71.8 Å². The molecule has 2 aromatic heterocycles. The van der Waals surface area contributed by atoms with Gasteiger partial charge in [0.05, 0.1) is 0 Å². The summed E-state index contributed by atoms with van der Waals surface area (Å²) in [7, 11) is 0. The van der Waals surface area contributed by atoms with Crippen molar-refractivity contribution in [1.82, 2.24) is 25.2 Å². The minimum Gasteiger partial charge on any atom is -0.335 e. The first-order chi connectivity index (χ1) is 12.7. The van der Waals surface area contributed by atoms with Gasteiger partial charge in [0.15, 0.2) is 0 Å². The normalized spacial score (nSPS) is 18.3. The zero-order valence-electron chi connectivity index (χ0n) is 14.0. The molecule has 4 rings (SSSR count). The van der Waals surface area contributed by atoms with Gasteiger partial charge >= 0.3 is 6.03 Å². The van der Waals surface area contributed by atoms with Crippen molar-refractivity contribution in [2.24, 2.45) is 0 Å². The number of carbonyl (C=O) groups excluding carboxylic acids is 1. The maximum absolute atomic E-state index is 13.3. The average molecular weight is 351 g/mol. The Hall–Kier alpha value is -3.22. The highest BCUT2D eigenvalue weighted by molar-refractivity contribution is 5.74. The predicted octanol–water partition coefficient (Wildman–Crippen LogP) is 2.76. The van der Waals surface area contributed by atoms with Crippen molar-refractivity contribution in [2.75, 3.05) is 0 Å². The van der Waals surface area contributed by atoms with Crippen LogP contribution in [0.25, 0.3) is 5.82 Å². The molecule has 2 N–H and O–H groups in total.